The van der Waals surface area contributed by atoms with Crippen molar-refractivity contribution in [1.82, 2.24) is 9.88 Å². The van der Waals surface area contributed by atoms with Crippen molar-refractivity contribution in [2.75, 3.05) is 44.3 Å². The Labute approximate surface area is 176 Å². The Morgan fingerprint density at radius 3 is 2.50 bits per heavy atom. The van der Waals surface area contributed by atoms with Crippen LogP contribution < -0.4 is 4.90 Å². The van der Waals surface area contributed by atoms with Gasteiger partial charge >= 0.3 is 0 Å². The summed E-state index contributed by atoms with van der Waals surface area (Å²) in [5, 5.41) is 0.697. The van der Waals surface area contributed by atoms with E-state index in [9.17, 15) is 4.79 Å². The average molecular weight is 426 g/mol. The third-order valence-corrected chi connectivity index (χ3v) is 5.90. The van der Waals surface area contributed by atoms with Crippen LogP contribution in [0.2, 0.25) is 0 Å². The maximum absolute atomic E-state index is 13.1. The number of nitrogens with zero attached hydrogens (tertiary/aromatic N) is 3. The zero-order valence-electron chi connectivity index (χ0n) is 16.9. The molecule has 0 unspecified atom stereocenters. The lowest BCUT2D eigenvalue weighted by atomic mass is 10.1. The van der Waals surface area contributed by atoms with Crippen LogP contribution in [0.5, 0.6) is 0 Å². The summed E-state index contributed by atoms with van der Waals surface area (Å²) >= 11 is 1.54. The monoisotopic (exact) mass is 425 g/mol. The molecule has 8 heteroatoms. The largest absolute Gasteiger partial charge is 0.494 e. The van der Waals surface area contributed by atoms with E-state index in [4.69, 9.17) is 14.5 Å². The number of likely N-dealkylation sites (N-methyl/N-ethyl adjacent to an activating group) is 1. The first kappa shape index (κ1) is 22.5. The third-order valence-electron chi connectivity index (χ3n) is 4.86. The summed E-state index contributed by atoms with van der Waals surface area (Å²) in [4.78, 5) is 21.8. The van der Waals surface area contributed by atoms with E-state index >= 15 is 0 Å². The number of thiazole rings is 1. The van der Waals surface area contributed by atoms with Crippen LogP contribution in [-0.2, 0) is 14.3 Å². The first-order valence-electron chi connectivity index (χ1n) is 9.40. The first-order valence-corrected chi connectivity index (χ1v) is 10.2. The fraction of sp³-hybridized carbons (Fsp3) is 0.500. The Kier molecular flexibility index (Phi) is 8.10. The van der Waals surface area contributed by atoms with Gasteiger partial charge in [-0.25, -0.2) is 4.98 Å². The van der Waals surface area contributed by atoms with Crippen LogP contribution in [0.15, 0.2) is 24.2 Å². The number of carbonyl (C=O) groups excluding carboxylic acids is 1. The topological polar surface area (TPSA) is 54.9 Å². The lowest BCUT2D eigenvalue weighted by molar-refractivity contribution is -0.119. The van der Waals surface area contributed by atoms with Gasteiger partial charge in [0.05, 0.1) is 10.2 Å². The summed E-state index contributed by atoms with van der Waals surface area (Å²) in [5.41, 5.74) is 3.35. The average Bonchev–Trinajstić information content (AvgIpc) is 3.08. The minimum Gasteiger partial charge on any atom is -0.494 e. The maximum Gasteiger partial charge on any atom is 0.298 e. The van der Waals surface area contributed by atoms with Gasteiger partial charge in [-0.2, -0.15) is 0 Å². The summed E-state index contributed by atoms with van der Waals surface area (Å²) in [6.45, 7) is 12.5. The number of benzene rings is 1. The van der Waals surface area contributed by atoms with Crippen LogP contribution in [-0.4, -0.2) is 55.2 Å². The van der Waals surface area contributed by atoms with E-state index in [2.05, 4.69) is 44.7 Å². The first-order chi connectivity index (χ1) is 13.0. The van der Waals surface area contributed by atoms with E-state index in [0.29, 0.717) is 24.9 Å². The van der Waals surface area contributed by atoms with Gasteiger partial charge in [0.2, 0.25) is 5.76 Å². The molecule has 1 aromatic heterocycles. The molecule has 6 nitrogen and oxygen atoms in total. The second-order valence-electron chi connectivity index (χ2n) is 6.59. The third kappa shape index (κ3) is 4.96. The fourth-order valence-electron chi connectivity index (χ4n) is 2.96. The van der Waals surface area contributed by atoms with Gasteiger partial charge in [0, 0.05) is 13.1 Å². The quantitative estimate of drug-likeness (QED) is 0.673. The van der Waals surface area contributed by atoms with E-state index in [1.165, 1.54) is 28.7 Å². The molecule has 2 aromatic rings. The highest BCUT2D eigenvalue weighted by atomic mass is 35.5. The van der Waals surface area contributed by atoms with Crippen molar-refractivity contribution >= 4 is 45.0 Å². The SMILES string of the molecule is CCN(CC)CCN(C(=O)C1=COCCO1)c1nc2cc(C)c(C)cc2s1.Cl. The fourth-order valence-corrected chi connectivity index (χ4v) is 4.03. The molecule has 0 saturated carbocycles. The Morgan fingerprint density at radius 1 is 1.14 bits per heavy atom. The predicted octanol–water partition coefficient (Wildman–Crippen LogP) is 3.90. The number of hydrogen-bond donors (Lipinski definition) is 0. The highest BCUT2D eigenvalue weighted by Crippen LogP contribution is 2.31. The second kappa shape index (κ2) is 10.1. The lowest BCUT2D eigenvalue weighted by Gasteiger charge is -2.26. The number of amides is 1. The molecule has 0 spiro atoms. The van der Waals surface area contributed by atoms with Crippen molar-refractivity contribution in [2.45, 2.75) is 27.7 Å². The number of aromatic nitrogens is 1. The maximum atomic E-state index is 13.1. The van der Waals surface area contributed by atoms with Crippen LogP contribution >= 0.6 is 23.7 Å². The van der Waals surface area contributed by atoms with E-state index in [1.807, 2.05) is 0 Å². The summed E-state index contributed by atoms with van der Waals surface area (Å²) in [7, 11) is 0. The smallest absolute Gasteiger partial charge is 0.298 e. The Balaban J connectivity index is 0.00000280. The van der Waals surface area contributed by atoms with Crippen molar-refractivity contribution < 1.29 is 14.3 Å². The molecule has 0 N–H and O–H groups in total. The van der Waals surface area contributed by atoms with Gasteiger partial charge in [-0.3, -0.25) is 9.69 Å². The molecule has 1 aliphatic rings. The second-order valence-corrected chi connectivity index (χ2v) is 7.59. The molecule has 1 aromatic carbocycles. The van der Waals surface area contributed by atoms with E-state index < -0.39 is 0 Å². The Hall–Kier alpha value is -1.83. The summed E-state index contributed by atoms with van der Waals surface area (Å²) in [6.07, 6.45) is 1.41. The van der Waals surface area contributed by atoms with Crippen molar-refractivity contribution in [1.29, 1.82) is 0 Å². The van der Waals surface area contributed by atoms with Crippen LogP contribution in [0.1, 0.15) is 25.0 Å². The molecule has 0 aliphatic carbocycles. The van der Waals surface area contributed by atoms with Crippen molar-refractivity contribution in [2.24, 2.45) is 0 Å². The van der Waals surface area contributed by atoms with Crippen molar-refractivity contribution in [3.8, 4) is 0 Å². The van der Waals surface area contributed by atoms with Gasteiger partial charge in [0.25, 0.3) is 5.91 Å². The number of ether oxygens (including phenoxy) is 2. The van der Waals surface area contributed by atoms with E-state index in [1.54, 1.807) is 4.90 Å². The van der Waals surface area contributed by atoms with E-state index in [-0.39, 0.29) is 24.1 Å². The van der Waals surface area contributed by atoms with Gasteiger partial charge in [-0.15, -0.1) is 12.4 Å². The Morgan fingerprint density at radius 2 is 1.86 bits per heavy atom. The number of aryl methyl sites for hydroxylation is 2. The number of halogens is 1. The number of carbonyl (C=O) groups is 1. The van der Waals surface area contributed by atoms with Gasteiger partial charge in [-0.05, 0) is 50.2 Å². The molecule has 1 aliphatic heterocycles. The van der Waals surface area contributed by atoms with Gasteiger partial charge in [-0.1, -0.05) is 25.2 Å². The van der Waals surface area contributed by atoms with Gasteiger partial charge in [0.1, 0.15) is 19.5 Å². The van der Waals surface area contributed by atoms with Crippen molar-refractivity contribution in [3.63, 3.8) is 0 Å². The highest BCUT2D eigenvalue weighted by Gasteiger charge is 2.26. The van der Waals surface area contributed by atoms with Crippen LogP contribution in [0.3, 0.4) is 0 Å². The molecule has 0 saturated heterocycles. The molecule has 3 rings (SSSR count). The molecular weight excluding hydrogens is 398 g/mol. The summed E-state index contributed by atoms with van der Waals surface area (Å²) in [5.74, 6) is 0.0433. The van der Waals surface area contributed by atoms with Crippen LogP contribution in [0.4, 0.5) is 5.13 Å². The standard InChI is InChI=1S/C20H27N3O3S.ClH/c1-5-22(6-2)7-8-23(19(24)17-13-25-9-10-26-17)20-21-16-11-14(3)15(4)12-18(16)27-20;/h11-13H,5-10H2,1-4H3;1H. The lowest BCUT2D eigenvalue weighted by Crippen LogP contribution is -2.40. The Bertz CT molecular complexity index is 810. The van der Waals surface area contributed by atoms with Crippen LogP contribution in [0, 0.1) is 13.8 Å². The molecule has 1 amide bonds. The molecule has 0 bridgehead atoms. The zero-order valence-corrected chi connectivity index (χ0v) is 18.5. The number of fused-ring (bicyclic) bond motifs is 1. The van der Waals surface area contributed by atoms with Gasteiger partial charge < -0.3 is 14.4 Å². The normalized spacial score (nSPS) is 13.5. The molecule has 0 fully saturated rings. The number of anilines is 1. The number of hydrogen-bond acceptors (Lipinski definition) is 6. The highest BCUT2D eigenvalue weighted by molar-refractivity contribution is 7.22. The van der Waals surface area contributed by atoms with Crippen LogP contribution in [0.25, 0.3) is 10.2 Å². The zero-order chi connectivity index (χ0) is 19.4. The summed E-state index contributed by atoms with van der Waals surface area (Å²) in [6, 6.07) is 4.22. The molecule has 2 heterocycles. The molecule has 0 atom stereocenters. The molecule has 28 heavy (non-hydrogen) atoms. The van der Waals surface area contributed by atoms with Crippen molar-refractivity contribution in [3.05, 3.63) is 35.3 Å². The predicted molar refractivity (Wildman–Crippen MR) is 116 cm³/mol. The molecule has 154 valence electrons. The molecule has 0 radical (unpaired) electrons. The minimum absolute atomic E-state index is 0. The number of rotatable bonds is 7. The van der Waals surface area contributed by atoms with E-state index in [0.717, 1.165) is 29.9 Å². The molecular formula is C20H28ClN3O3S. The minimum atomic E-state index is -0.200. The van der Waals surface area contributed by atoms with Gasteiger partial charge in [0.15, 0.2) is 5.13 Å². The summed E-state index contributed by atoms with van der Waals surface area (Å²) < 4.78 is 11.9.